The lowest BCUT2D eigenvalue weighted by Crippen LogP contribution is -2.53. The van der Waals surface area contributed by atoms with Gasteiger partial charge in [-0.15, -0.1) is 0 Å². The zero-order valence-electron chi connectivity index (χ0n) is 10.9. The lowest BCUT2D eigenvalue weighted by Gasteiger charge is -2.42. The van der Waals surface area contributed by atoms with Gasteiger partial charge in [-0.05, 0) is 30.6 Å². The molecule has 1 aliphatic heterocycles. The molecule has 96 valence electrons. The van der Waals surface area contributed by atoms with Crippen LogP contribution in [0.25, 0.3) is 0 Å². The Kier molecular flexibility index (Phi) is 3.55. The molecular weight excluding hydrogens is 214 g/mol. The van der Waals surface area contributed by atoms with Gasteiger partial charge in [-0.25, -0.2) is 0 Å². The molecule has 17 heavy (non-hydrogen) atoms. The van der Waals surface area contributed by atoms with Crippen molar-refractivity contribution in [2.24, 2.45) is 17.3 Å². The highest BCUT2D eigenvalue weighted by Crippen LogP contribution is 2.47. The molecule has 0 bridgehead atoms. The number of amides is 2. The first-order valence-corrected chi connectivity index (χ1v) is 6.90. The van der Waals surface area contributed by atoms with Gasteiger partial charge in [0.2, 0.25) is 11.8 Å². The molecule has 0 radical (unpaired) electrons. The standard InChI is InChI=1S/C14H23NO2/c1-3-8-14(2)9-11(16)15-13(17)12(14)10-6-4-5-7-10/h10,12H,3-9H2,1-2H3,(H,15,16,17). The quantitative estimate of drug-likeness (QED) is 0.767. The molecular formula is C14H23NO2. The molecule has 0 spiro atoms. The summed E-state index contributed by atoms with van der Waals surface area (Å²) < 4.78 is 0. The molecule has 3 heteroatoms. The van der Waals surface area contributed by atoms with Crippen LogP contribution >= 0.6 is 0 Å². The fourth-order valence-corrected chi connectivity index (χ4v) is 3.94. The Morgan fingerprint density at radius 2 is 1.94 bits per heavy atom. The summed E-state index contributed by atoms with van der Waals surface area (Å²) in [6.45, 7) is 4.27. The van der Waals surface area contributed by atoms with E-state index in [2.05, 4.69) is 19.2 Å². The lowest BCUT2D eigenvalue weighted by atomic mass is 9.63. The van der Waals surface area contributed by atoms with Crippen LogP contribution in [0.1, 0.15) is 58.8 Å². The van der Waals surface area contributed by atoms with Gasteiger partial charge in [0.15, 0.2) is 0 Å². The zero-order chi connectivity index (χ0) is 12.5. The summed E-state index contributed by atoms with van der Waals surface area (Å²) in [5, 5.41) is 2.54. The van der Waals surface area contributed by atoms with Gasteiger partial charge in [0, 0.05) is 12.3 Å². The number of carbonyl (C=O) groups excluding carboxylic acids is 2. The molecule has 3 nitrogen and oxygen atoms in total. The summed E-state index contributed by atoms with van der Waals surface area (Å²) >= 11 is 0. The minimum Gasteiger partial charge on any atom is -0.296 e. The molecule has 2 fully saturated rings. The SMILES string of the molecule is CCCC1(C)CC(=O)NC(=O)C1C1CCCC1. The van der Waals surface area contributed by atoms with Gasteiger partial charge in [0.25, 0.3) is 0 Å². The molecule has 1 N–H and O–H groups in total. The second-order valence-electron chi connectivity index (χ2n) is 6.02. The summed E-state index contributed by atoms with van der Waals surface area (Å²) in [6, 6.07) is 0. The summed E-state index contributed by atoms with van der Waals surface area (Å²) in [4.78, 5) is 23.7. The van der Waals surface area contributed by atoms with E-state index < -0.39 is 0 Å². The highest BCUT2D eigenvalue weighted by molar-refractivity contribution is 5.99. The average Bonchev–Trinajstić information content (AvgIpc) is 2.68. The van der Waals surface area contributed by atoms with Crippen molar-refractivity contribution in [2.75, 3.05) is 0 Å². The lowest BCUT2D eigenvalue weighted by molar-refractivity contribution is -0.146. The number of carbonyl (C=O) groups is 2. The van der Waals surface area contributed by atoms with E-state index in [4.69, 9.17) is 0 Å². The average molecular weight is 237 g/mol. The van der Waals surface area contributed by atoms with Crippen molar-refractivity contribution < 1.29 is 9.59 Å². The topological polar surface area (TPSA) is 46.2 Å². The highest BCUT2D eigenvalue weighted by atomic mass is 16.2. The minimum absolute atomic E-state index is 0.0101. The van der Waals surface area contributed by atoms with Crippen molar-refractivity contribution in [3.05, 3.63) is 0 Å². The third-order valence-corrected chi connectivity index (χ3v) is 4.55. The fourth-order valence-electron chi connectivity index (χ4n) is 3.94. The van der Waals surface area contributed by atoms with Crippen LogP contribution in [-0.4, -0.2) is 11.8 Å². The fraction of sp³-hybridized carbons (Fsp3) is 0.857. The largest absolute Gasteiger partial charge is 0.296 e. The Bertz CT molecular complexity index is 320. The number of imide groups is 1. The molecule has 2 aliphatic rings. The van der Waals surface area contributed by atoms with E-state index in [-0.39, 0.29) is 23.1 Å². The van der Waals surface area contributed by atoms with Crippen LogP contribution in [0.5, 0.6) is 0 Å². The maximum absolute atomic E-state index is 12.2. The van der Waals surface area contributed by atoms with Crippen molar-refractivity contribution in [2.45, 2.75) is 58.8 Å². The summed E-state index contributed by atoms with van der Waals surface area (Å²) in [5.74, 6) is 0.464. The first kappa shape index (κ1) is 12.6. The number of piperidine rings is 1. The van der Waals surface area contributed by atoms with E-state index in [1.807, 2.05) is 0 Å². The van der Waals surface area contributed by atoms with Gasteiger partial charge >= 0.3 is 0 Å². The normalized spacial score (nSPS) is 35.1. The van der Waals surface area contributed by atoms with Gasteiger partial charge in [-0.2, -0.15) is 0 Å². The van der Waals surface area contributed by atoms with Crippen LogP contribution in [0.3, 0.4) is 0 Å². The van der Waals surface area contributed by atoms with E-state index in [1.165, 1.54) is 12.8 Å². The van der Waals surface area contributed by atoms with Crippen LogP contribution in [0.4, 0.5) is 0 Å². The summed E-state index contributed by atoms with van der Waals surface area (Å²) in [5.41, 5.74) is -0.108. The van der Waals surface area contributed by atoms with Crippen LogP contribution in [0.2, 0.25) is 0 Å². The molecule has 1 saturated carbocycles. The predicted octanol–water partition coefficient (Wildman–Crippen LogP) is 2.65. The second kappa shape index (κ2) is 4.79. The molecule has 2 unspecified atom stereocenters. The Morgan fingerprint density at radius 1 is 1.29 bits per heavy atom. The second-order valence-corrected chi connectivity index (χ2v) is 6.02. The Morgan fingerprint density at radius 3 is 2.53 bits per heavy atom. The van der Waals surface area contributed by atoms with Crippen molar-refractivity contribution in [3.63, 3.8) is 0 Å². The van der Waals surface area contributed by atoms with Gasteiger partial charge in [-0.3, -0.25) is 14.9 Å². The minimum atomic E-state index is -0.108. The predicted molar refractivity (Wildman–Crippen MR) is 66.2 cm³/mol. The van der Waals surface area contributed by atoms with Crippen molar-refractivity contribution in [1.82, 2.24) is 5.32 Å². The Hall–Kier alpha value is -0.860. The maximum Gasteiger partial charge on any atom is 0.230 e. The van der Waals surface area contributed by atoms with Gasteiger partial charge in [-0.1, -0.05) is 33.1 Å². The van der Waals surface area contributed by atoms with E-state index in [1.54, 1.807) is 0 Å². The Balaban J connectivity index is 2.22. The highest BCUT2D eigenvalue weighted by Gasteiger charge is 2.48. The van der Waals surface area contributed by atoms with Crippen LogP contribution in [0.15, 0.2) is 0 Å². The van der Waals surface area contributed by atoms with E-state index in [0.29, 0.717) is 12.3 Å². The third-order valence-electron chi connectivity index (χ3n) is 4.55. The first-order valence-electron chi connectivity index (χ1n) is 6.90. The molecule has 1 heterocycles. The molecule has 2 amide bonds. The maximum atomic E-state index is 12.2. The monoisotopic (exact) mass is 237 g/mol. The number of hydrogen-bond acceptors (Lipinski definition) is 2. The molecule has 1 saturated heterocycles. The number of nitrogens with one attached hydrogen (secondary N) is 1. The smallest absolute Gasteiger partial charge is 0.230 e. The van der Waals surface area contributed by atoms with Crippen LogP contribution in [-0.2, 0) is 9.59 Å². The molecule has 0 aromatic carbocycles. The van der Waals surface area contributed by atoms with Crippen LogP contribution < -0.4 is 5.32 Å². The van der Waals surface area contributed by atoms with E-state index in [9.17, 15) is 9.59 Å². The van der Waals surface area contributed by atoms with Gasteiger partial charge in [0.05, 0.1) is 0 Å². The zero-order valence-corrected chi connectivity index (χ0v) is 10.9. The molecule has 0 aromatic rings. The third kappa shape index (κ3) is 2.38. The molecule has 1 aliphatic carbocycles. The Labute approximate surface area is 103 Å². The van der Waals surface area contributed by atoms with E-state index in [0.717, 1.165) is 25.7 Å². The number of hydrogen-bond donors (Lipinski definition) is 1. The first-order chi connectivity index (χ1) is 8.07. The van der Waals surface area contributed by atoms with Gasteiger partial charge in [0.1, 0.15) is 0 Å². The van der Waals surface area contributed by atoms with Crippen molar-refractivity contribution in [1.29, 1.82) is 0 Å². The van der Waals surface area contributed by atoms with Gasteiger partial charge < -0.3 is 0 Å². The van der Waals surface area contributed by atoms with Crippen LogP contribution in [0, 0.1) is 17.3 Å². The van der Waals surface area contributed by atoms with Crippen molar-refractivity contribution in [3.8, 4) is 0 Å². The summed E-state index contributed by atoms with van der Waals surface area (Å²) in [7, 11) is 0. The van der Waals surface area contributed by atoms with E-state index >= 15 is 0 Å². The molecule has 2 atom stereocenters. The molecule has 2 rings (SSSR count). The van der Waals surface area contributed by atoms with Crippen molar-refractivity contribution >= 4 is 11.8 Å². The summed E-state index contributed by atoms with van der Waals surface area (Å²) in [6.07, 6.45) is 7.34. The number of rotatable bonds is 3. The molecule has 0 aromatic heterocycles.